The Labute approximate surface area is 243 Å². The highest BCUT2D eigenvalue weighted by Gasteiger charge is 2.43. The highest BCUT2D eigenvalue weighted by molar-refractivity contribution is 6.28. The van der Waals surface area contributed by atoms with Crippen LogP contribution in [0.5, 0.6) is 0 Å². The van der Waals surface area contributed by atoms with Gasteiger partial charge in [-0.3, -0.25) is 9.79 Å². The summed E-state index contributed by atoms with van der Waals surface area (Å²) in [6.45, 7) is 10.8. The summed E-state index contributed by atoms with van der Waals surface area (Å²) in [6.07, 6.45) is 25.9. The van der Waals surface area contributed by atoms with Gasteiger partial charge in [0.05, 0.1) is 6.04 Å². The van der Waals surface area contributed by atoms with E-state index >= 15 is 0 Å². The van der Waals surface area contributed by atoms with E-state index in [4.69, 9.17) is 13.0 Å². The number of urea groups is 1. The maximum atomic E-state index is 13.4. The zero-order valence-corrected chi connectivity index (χ0v) is 26.3. The number of amidine groups is 1. The summed E-state index contributed by atoms with van der Waals surface area (Å²) < 4.78 is 0. The van der Waals surface area contributed by atoms with E-state index in [0.29, 0.717) is 12.3 Å². The first kappa shape index (κ1) is 35.4. The normalized spacial score (nSPS) is 17.5. The summed E-state index contributed by atoms with van der Waals surface area (Å²) in [5, 5.41) is 0. The molecule has 0 aromatic heterocycles. The van der Waals surface area contributed by atoms with Gasteiger partial charge in [0, 0.05) is 0 Å². The number of amides is 3. The number of carbonyl (C=O) groups is 2. The lowest BCUT2D eigenvalue weighted by Crippen LogP contribution is -2.38. The van der Waals surface area contributed by atoms with Crippen molar-refractivity contribution in [1.29, 1.82) is 0 Å². The summed E-state index contributed by atoms with van der Waals surface area (Å²) >= 11 is 0. The summed E-state index contributed by atoms with van der Waals surface area (Å²) in [6, 6.07) is -0.926. The van der Waals surface area contributed by atoms with Crippen molar-refractivity contribution in [3.63, 3.8) is 0 Å². The van der Waals surface area contributed by atoms with Crippen molar-refractivity contribution in [2.45, 2.75) is 182 Å². The number of imide groups is 1. The fourth-order valence-electron chi connectivity index (χ4n) is 5.42. The Morgan fingerprint density at radius 1 is 0.744 bits per heavy atom. The Morgan fingerprint density at radius 2 is 1.23 bits per heavy atom. The van der Waals surface area contributed by atoms with Crippen molar-refractivity contribution >= 4 is 25.8 Å². The maximum absolute atomic E-state index is 13.4. The molecule has 6 heteroatoms. The van der Waals surface area contributed by atoms with Crippen LogP contribution in [0.3, 0.4) is 0 Å². The minimum absolute atomic E-state index is 0.122. The molecule has 0 bridgehead atoms. The number of rotatable bonds is 23. The topological polar surface area (TPSA) is 53.0 Å². The third-order valence-electron chi connectivity index (χ3n) is 8.00. The van der Waals surface area contributed by atoms with Gasteiger partial charge in [-0.1, -0.05) is 130 Å². The van der Waals surface area contributed by atoms with Crippen LogP contribution in [0, 0.1) is 0 Å². The molecule has 1 heterocycles. The molecule has 0 saturated carbocycles. The minimum Gasteiger partial charge on any atom is -0.367 e. The van der Waals surface area contributed by atoms with E-state index in [-0.39, 0.29) is 11.9 Å². The van der Waals surface area contributed by atoms with Crippen LogP contribution in [0.15, 0.2) is 16.6 Å². The molecule has 0 spiro atoms. The molecule has 0 aromatic carbocycles. The largest absolute Gasteiger partial charge is 0.367 e. The molecule has 0 aromatic rings. The highest BCUT2D eigenvalue weighted by atomic mass is 16.2. The summed E-state index contributed by atoms with van der Waals surface area (Å²) in [5.74, 6) is 0.301. The third-order valence-corrected chi connectivity index (χ3v) is 8.00. The molecular weight excluding hydrogens is 481 g/mol. The molecule has 1 fully saturated rings. The van der Waals surface area contributed by atoms with Crippen LogP contribution in [0.25, 0.3) is 0 Å². The van der Waals surface area contributed by atoms with Gasteiger partial charge in [-0.15, -0.1) is 0 Å². The highest BCUT2D eigenvalue weighted by Crippen LogP contribution is 2.24. The average Bonchev–Trinajstić information content (AvgIpc) is 3.15. The zero-order chi connectivity index (χ0) is 28.9. The first-order valence-electron chi connectivity index (χ1n) is 16.6. The lowest BCUT2D eigenvalue weighted by molar-refractivity contribution is -0.125. The van der Waals surface area contributed by atoms with Crippen LogP contribution in [0.1, 0.15) is 169 Å². The van der Waals surface area contributed by atoms with Crippen LogP contribution in [-0.4, -0.2) is 47.5 Å². The summed E-state index contributed by atoms with van der Waals surface area (Å²) in [4.78, 5) is 34.3. The number of allylic oxidation sites excluding steroid dienone is 1. The fourth-order valence-corrected chi connectivity index (χ4v) is 5.42. The molecule has 1 aliphatic heterocycles. The fraction of sp³-hybridized carbons (Fsp3) is 0.848. The summed E-state index contributed by atoms with van der Waals surface area (Å²) in [7, 11) is 6.11. The molecule has 0 N–H and O–H groups in total. The van der Waals surface area contributed by atoms with Gasteiger partial charge in [-0.05, 0) is 51.0 Å². The third kappa shape index (κ3) is 13.6. The van der Waals surface area contributed by atoms with Gasteiger partial charge in [0.1, 0.15) is 11.9 Å². The van der Waals surface area contributed by atoms with Crippen LogP contribution in [-0.2, 0) is 4.79 Å². The molecule has 222 valence electrons. The van der Waals surface area contributed by atoms with Gasteiger partial charge < -0.3 is 4.81 Å². The molecule has 0 aliphatic carbocycles. The van der Waals surface area contributed by atoms with E-state index in [9.17, 15) is 9.59 Å². The molecule has 1 aliphatic rings. The second-order valence-corrected chi connectivity index (χ2v) is 11.6. The molecule has 5 nitrogen and oxygen atoms in total. The molecule has 2 radical (unpaired) electrons. The average molecular weight is 542 g/mol. The van der Waals surface area contributed by atoms with Crippen LogP contribution < -0.4 is 0 Å². The lowest BCUT2D eigenvalue weighted by Gasteiger charge is -2.20. The monoisotopic (exact) mass is 541 g/mol. The Bertz CT molecular complexity index is 736. The number of hydrogen-bond acceptors (Lipinski definition) is 3. The molecule has 39 heavy (non-hydrogen) atoms. The Kier molecular flexibility index (Phi) is 20.1. The number of aliphatic imine (C=N–C) groups is 1. The minimum atomic E-state index is -0.610. The number of carbonyl (C=O) groups excluding carboxylic acids is 2. The van der Waals surface area contributed by atoms with Gasteiger partial charge in [-0.25, -0.2) is 9.69 Å². The number of nitrogens with zero attached hydrogens (tertiary/aromatic N) is 3. The van der Waals surface area contributed by atoms with Gasteiger partial charge in [0.25, 0.3) is 5.91 Å². The van der Waals surface area contributed by atoms with Crippen molar-refractivity contribution in [2.75, 3.05) is 0 Å². The van der Waals surface area contributed by atoms with Crippen LogP contribution in [0.2, 0.25) is 0 Å². The van der Waals surface area contributed by atoms with Gasteiger partial charge in [0.2, 0.25) is 7.98 Å². The van der Waals surface area contributed by atoms with Crippen molar-refractivity contribution in [3.05, 3.63) is 11.6 Å². The molecule has 1 unspecified atom stereocenters. The van der Waals surface area contributed by atoms with E-state index in [1.165, 1.54) is 81.1 Å². The standard InChI is InChI=1S/C33H60BN3O2/c1-6-11-15-18-21-24-28(23-20-17-13-8-3)27-31(36-32(38)30(10-5)37(34)33(36)39)35-29(25-14-9-4)26-22-19-16-12-7-2/h27,29-30H,6-26H2,1-5H3/b28-27-,35-31?/t29?,30-/m1/s1. The summed E-state index contributed by atoms with van der Waals surface area (Å²) in [5.41, 5.74) is 1.32. The van der Waals surface area contributed by atoms with Gasteiger partial charge in [-0.2, -0.15) is 0 Å². The SMILES string of the molecule is [B]N1C(=O)N(C(/C=C(/CCCCCC)CCCCCCC)=NC(CCCC)CCCCCCC)C(=O)[C@H]1CC. The second-order valence-electron chi connectivity index (χ2n) is 11.6. The van der Waals surface area contributed by atoms with E-state index in [2.05, 4.69) is 33.8 Å². The molecule has 1 saturated heterocycles. The Morgan fingerprint density at radius 3 is 1.74 bits per heavy atom. The van der Waals surface area contributed by atoms with E-state index in [1.54, 1.807) is 0 Å². The van der Waals surface area contributed by atoms with E-state index in [1.807, 2.05) is 6.92 Å². The molecule has 1 rings (SSSR count). The van der Waals surface area contributed by atoms with E-state index in [0.717, 1.165) is 62.6 Å². The van der Waals surface area contributed by atoms with Crippen LogP contribution >= 0.6 is 0 Å². The molecule has 3 amide bonds. The first-order chi connectivity index (χ1) is 18.9. The number of unbranched alkanes of at least 4 members (excludes halogenated alkanes) is 12. The smallest absolute Gasteiger partial charge is 0.320 e. The van der Waals surface area contributed by atoms with Crippen molar-refractivity contribution in [1.82, 2.24) is 9.71 Å². The van der Waals surface area contributed by atoms with Gasteiger partial charge in [0.15, 0.2) is 0 Å². The van der Waals surface area contributed by atoms with E-state index < -0.39 is 12.1 Å². The Hall–Kier alpha value is -1.59. The van der Waals surface area contributed by atoms with Crippen LogP contribution in [0.4, 0.5) is 4.79 Å². The predicted octanol–water partition coefficient (Wildman–Crippen LogP) is 9.69. The molecular formula is C33H60BN3O2. The number of hydrogen-bond donors (Lipinski definition) is 0. The quantitative estimate of drug-likeness (QED) is 0.0425. The van der Waals surface area contributed by atoms with Gasteiger partial charge >= 0.3 is 6.03 Å². The Balaban J connectivity index is 3.32. The molecule has 2 atom stereocenters. The van der Waals surface area contributed by atoms with Crippen molar-refractivity contribution < 1.29 is 9.59 Å². The predicted molar refractivity (Wildman–Crippen MR) is 168 cm³/mol. The van der Waals surface area contributed by atoms with Crippen molar-refractivity contribution in [2.24, 2.45) is 4.99 Å². The van der Waals surface area contributed by atoms with Crippen molar-refractivity contribution in [3.8, 4) is 0 Å². The first-order valence-corrected chi connectivity index (χ1v) is 16.6. The maximum Gasteiger partial charge on any atom is 0.320 e. The second kappa shape index (κ2) is 22.1. The zero-order valence-electron chi connectivity index (χ0n) is 26.3. The lowest BCUT2D eigenvalue weighted by atomic mass is 9.99.